The van der Waals surface area contributed by atoms with Gasteiger partial charge in [0.15, 0.2) is 0 Å². The molecule has 2 rings (SSSR count). The van der Waals surface area contributed by atoms with Crippen LogP contribution >= 0.6 is 0 Å². The Hall–Kier alpha value is -1.35. The summed E-state index contributed by atoms with van der Waals surface area (Å²) >= 11 is 0. The number of aliphatic hydroxyl groups is 1. The zero-order chi connectivity index (χ0) is 13.5. The molecule has 18 heavy (non-hydrogen) atoms. The molecule has 3 heteroatoms. The first kappa shape index (κ1) is 13.1. The van der Waals surface area contributed by atoms with Gasteiger partial charge in [-0.1, -0.05) is 31.5 Å². The highest BCUT2D eigenvalue weighted by Crippen LogP contribution is 2.30. The number of likely N-dealkylation sites (tertiary alicyclic amines) is 1. The molecule has 0 aromatic heterocycles. The van der Waals surface area contributed by atoms with Crippen molar-refractivity contribution in [3.05, 3.63) is 34.9 Å². The second-order valence-electron chi connectivity index (χ2n) is 5.74. The zero-order valence-corrected chi connectivity index (χ0v) is 11.5. The van der Waals surface area contributed by atoms with Crippen molar-refractivity contribution in [1.82, 2.24) is 4.90 Å². The van der Waals surface area contributed by atoms with Crippen LogP contribution in [0.4, 0.5) is 0 Å². The largest absolute Gasteiger partial charge is 0.386 e. The molecule has 0 bridgehead atoms. The van der Waals surface area contributed by atoms with Crippen molar-refractivity contribution in [2.24, 2.45) is 5.92 Å². The topological polar surface area (TPSA) is 40.5 Å². The number of amides is 1. The van der Waals surface area contributed by atoms with Gasteiger partial charge in [-0.15, -0.1) is 0 Å². The van der Waals surface area contributed by atoms with E-state index in [-0.39, 0.29) is 11.8 Å². The minimum atomic E-state index is -0.701. The molecular weight excluding hydrogens is 226 g/mol. The Morgan fingerprint density at radius 2 is 1.94 bits per heavy atom. The molecule has 0 radical (unpaired) electrons. The molecule has 1 amide bonds. The minimum absolute atomic E-state index is 0.0292. The van der Waals surface area contributed by atoms with Gasteiger partial charge in [-0.05, 0) is 31.4 Å². The van der Waals surface area contributed by atoms with Crippen LogP contribution in [0.2, 0.25) is 0 Å². The molecule has 1 saturated heterocycles. The van der Waals surface area contributed by atoms with E-state index in [1.165, 1.54) is 0 Å². The second-order valence-corrected chi connectivity index (χ2v) is 5.74. The summed E-state index contributed by atoms with van der Waals surface area (Å²) in [5, 5.41) is 10.2. The Balaban J connectivity index is 2.13. The summed E-state index contributed by atoms with van der Waals surface area (Å²) in [5.74, 6) is 0.210. The molecule has 0 unspecified atom stereocenters. The van der Waals surface area contributed by atoms with Gasteiger partial charge in [0, 0.05) is 5.56 Å². The van der Waals surface area contributed by atoms with Gasteiger partial charge in [-0.3, -0.25) is 4.79 Å². The maximum Gasteiger partial charge on any atom is 0.254 e. The average Bonchev–Trinajstić information content (AvgIpc) is 2.27. The minimum Gasteiger partial charge on any atom is -0.386 e. The summed E-state index contributed by atoms with van der Waals surface area (Å²) in [6.07, 6.45) is 0. The summed E-state index contributed by atoms with van der Waals surface area (Å²) in [6, 6.07) is 5.90. The number of hydrogen-bond acceptors (Lipinski definition) is 2. The number of benzene rings is 1. The number of carbonyl (C=O) groups excluding carboxylic acids is 1. The van der Waals surface area contributed by atoms with Gasteiger partial charge in [-0.25, -0.2) is 0 Å². The second kappa shape index (κ2) is 4.39. The summed E-state index contributed by atoms with van der Waals surface area (Å²) in [5.41, 5.74) is 2.13. The van der Waals surface area contributed by atoms with Gasteiger partial charge in [0.05, 0.1) is 13.1 Å². The fraction of sp³-hybridized carbons (Fsp3) is 0.533. The van der Waals surface area contributed by atoms with Crippen molar-refractivity contribution in [2.45, 2.75) is 33.3 Å². The van der Waals surface area contributed by atoms with Crippen molar-refractivity contribution < 1.29 is 9.90 Å². The van der Waals surface area contributed by atoms with Crippen molar-refractivity contribution >= 4 is 5.91 Å². The van der Waals surface area contributed by atoms with Gasteiger partial charge in [-0.2, -0.15) is 0 Å². The normalized spacial score (nSPS) is 17.8. The third kappa shape index (κ3) is 2.15. The Kier molecular flexibility index (Phi) is 3.20. The number of aryl methyl sites for hydroxylation is 2. The molecule has 0 spiro atoms. The Bertz CT molecular complexity index is 473. The van der Waals surface area contributed by atoms with Crippen molar-refractivity contribution in [1.29, 1.82) is 0 Å². The SMILES string of the molecule is Cc1ccc(C)c(C(=O)N2CC(O)(C(C)C)C2)c1. The molecule has 1 N–H and O–H groups in total. The van der Waals surface area contributed by atoms with E-state index in [1.54, 1.807) is 4.90 Å². The number of nitrogens with zero attached hydrogens (tertiary/aromatic N) is 1. The number of rotatable bonds is 2. The van der Waals surface area contributed by atoms with Crippen LogP contribution in [-0.4, -0.2) is 34.6 Å². The fourth-order valence-corrected chi connectivity index (χ4v) is 2.26. The summed E-state index contributed by atoms with van der Waals surface area (Å²) in [4.78, 5) is 14.0. The predicted octanol–water partition coefficient (Wildman–Crippen LogP) is 2.15. The van der Waals surface area contributed by atoms with Gasteiger partial charge in [0.1, 0.15) is 5.60 Å². The van der Waals surface area contributed by atoms with Crippen LogP contribution in [-0.2, 0) is 0 Å². The van der Waals surface area contributed by atoms with Crippen molar-refractivity contribution in [3.63, 3.8) is 0 Å². The van der Waals surface area contributed by atoms with E-state index in [0.29, 0.717) is 13.1 Å². The molecule has 1 aromatic rings. The van der Waals surface area contributed by atoms with Gasteiger partial charge in [0.25, 0.3) is 5.91 Å². The molecule has 0 atom stereocenters. The standard InChI is InChI=1S/C15H21NO2/c1-10(2)15(18)8-16(9-15)14(17)13-7-11(3)5-6-12(13)4/h5-7,10,18H,8-9H2,1-4H3. The van der Waals surface area contributed by atoms with Gasteiger partial charge < -0.3 is 10.0 Å². The monoisotopic (exact) mass is 247 g/mol. The highest BCUT2D eigenvalue weighted by molar-refractivity contribution is 5.96. The zero-order valence-electron chi connectivity index (χ0n) is 11.5. The number of β-amino-alcohol motifs (C(OH)–C–C–N with tert-alkyl or cyclic N) is 1. The molecule has 3 nitrogen and oxygen atoms in total. The third-order valence-corrected chi connectivity index (χ3v) is 3.91. The quantitative estimate of drug-likeness (QED) is 0.870. The molecular formula is C15H21NO2. The van der Waals surface area contributed by atoms with Crippen LogP contribution in [0.5, 0.6) is 0 Å². The van der Waals surface area contributed by atoms with E-state index >= 15 is 0 Å². The molecule has 1 aromatic carbocycles. The third-order valence-electron chi connectivity index (χ3n) is 3.91. The molecule has 0 saturated carbocycles. The van der Waals surface area contributed by atoms with Gasteiger partial charge >= 0.3 is 0 Å². The van der Waals surface area contributed by atoms with E-state index in [4.69, 9.17) is 0 Å². The highest BCUT2D eigenvalue weighted by Gasteiger charge is 2.46. The van der Waals surface area contributed by atoms with E-state index in [2.05, 4.69) is 0 Å². The van der Waals surface area contributed by atoms with Crippen molar-refractivity contribution in [3.8, 4) is 0 Å². The lowest BCUT2D eigenvalue weighted by atomic mass is 9.82. The molecule has 1 aliphatic heterocycles. The number of hydrogen-bond donors (Lipinski definition) is 1. The Morgan fingerprint density at radius 1 is 1.33 bits per heavy atom. The summed E-state index contributed by atoms with van der Waals surface area (Å²) in [6.45, 7) is 8.78. The average molecular weight is 247 g/mol. The first-order chi connectivity index (χ1) is 8.33. The Labute approximate surface area is 108 Å². The molecule has 1 heterocycles. The highest BCUT2D eigenvalue weighted by atomic mass is 16.3. The maximum absolute atomic E-state index is 12.3. The van der Waals surface area contributed by atoms with E-state index in [1.807, 2.05) is 45.9 Å². The lowest BCUT2D eigenvalue weighted by molar-refractivity contribution is -0.110. The lowest BCUT2D eigenvalue weighted by Gasteiger charge is -2.49. The van der Waals surface area contributed by atoms with Crippen molar-refractivity contribution in [2.75, 3.05) is 13.1 Å². The number of carbonyl (C=O) groups is 1. The lowest BCUT2D eigenvalue weighted by Crippen LogP contribution is -2.66. The fourth-order valence-electron chi connectivity index (χ4n) is 2.26. The molecule has 1 aliphatic rings. The Morgan fingerprint density at radius 3 is 2.50 bits per heavy atom. The summed E-state index contributed by atoms with van der Waals surface area (Å²) in [7, 11) is 0. The van der Waals surface area contributed by atoms with Crippen LogP contribution in [0.15, 0.2) is 18.2 Å². The predicted molar refractivity (Wildman–Crippen MR) is 71.6 cm³/mol. The van der Waals surface area contributed by atoms with Crippen LogP contribution in [0.3, 0.4) is 0 Å². The first-order valence-electron chi connectivity index (χ1n) is 6.42. The first-order valence-corrected chi connectivity index (χ1v) is 6.42. The molecule has 0 aliphatic carbocycles. The van der Waals surface area contributed by atoms with Gasteiger partial charge in [0.2, 0.25) is 0 Å². The molecule has 98 valence electrons. The smallest absolute Gasteiger partial charge is 0.254 e. The van der Waals surface area contributed by atoms with Crippen LogP contribution < -0.4 is 0 Å². The van der Waals surface area contributed by atoms with Crippen LogP contribution in [0, 0.1) is 19.8 Å². The maximum atomic E-state index is 12.3. The van der Waals surface area contributed by atoms with E-state index in [0.717, 1.165) is 16.7 Å². The summed E-state index contributed by atoms with van der Waals surface area (Å²) < 4.78 is 0. The van der Waals surface area contributed by atoms with Crippen LogP contribution in [0.1, 0.15) is 35.3 Å². The molecule has 1 fully saturated rings. The van der Waals surface area contributed by atoms with E-state index < -0.39 is 5.60 Å². The van der Waals surface area contributed by atoms with E-state index in [9.17, 15) is 9.90 Å². The van der Waals surface area contributed by atoms with Crippen LogP contribution in [0.25, 0.3) is 0 Å².